The number of nitrogens with zero attached hydrogens (tertiary/aromatic N) is 1. The number of aromatic amines is 1. The second-order valence-electron chi connectivity index (χ2n) is 7.63. The van der Waals surface area contributed by atoms with Crippen LogP contribution in [-0.2, 0) is 4.79 Å². The first-order valence-electron chi connectivity index (χ1n) is 10.0. The molecule has 150 valence electrons. The number of hydrogen-bond acceptors (Lipinski definition) is 2. The van der Waals surface area contributed by atoms with Crippen molar-refractivity contribution in [3.8, 4) is 0 Å². The van der Waals surface area contributed by atoms with Gasteiger partial charge in [-0.05, 0) is 67.3 Å². The molecular formula is C24H24Cl2N2O. The highest BCUT2D eigenvalue weighted by atomic mass is 35.5. The molecule has 1 aliphatic heterocycles. The third-order valence-electron chi connectivity index (χ3n) is 5.73. The molecule has 0 unspecified atom stereocenters. The fourth-order valence-electron chi connectivity index (χ4n) is 4.06. The maximum absolute atomic E-state index is 12.2. The SMILES string of the molecule is O=C(/C=C/c1ccc(Cl)c(Cl)c1)CCN1CCC(c2c[nH]c3ccccc23)CC1. The van der Waals surface area contributed by atoms with Gasteiger partial charge < -0.3 is 9.88 Å². The van der Waals surface area contributed by atoms with Crippen LogP contribution in [-0.4, -0.2) is 35.3 Å². The average molecular weight is 427 g/mol. The molecule has 1 fully saturated rings. The lowest BCUT2D eigenvalue weighted by atomic mass is 9.89. The summed E-state index contributed by atoms with van der Waals surface area (Å²) < 4.78 is 0. The number of H-pyrrole nitrogens is 1. The largest absolute Gasteiger partial charge is 0.361 e. The maximum atomic E-state index is 12.2. The minimum Gasteiger partial charge on any atom is -0.361 e. The number of para-hydroxylation sites is 1. The van der Waals surface area contributed by atoms with Crippen LogP contribution in [0.2, 0.25) is 10.0 Å². The molecule has 1 aromatic heterocycles. The van der Waals surface area contributed by atoms with Crippen molar-refractivity contribution in [2.24, 2.45) is 0 Å². The van der Waals surface area contributed by atoms with Gasteiger partial charge in [0.1, 0.15) is 0 Å². The fraction of sp³-hybridized carbons (Fsp3) is 0.292. The van der Waals surface area contributed by atoms with Gasteiger partial charge in [-0.2, -0.15) is 0 Å². The van der Waals surface area contributed by atoms with Crippen molar-refractivity contribution >= 4 is 46.0 Å². The molecule has 0 saturated carbocycles. The lowest BCUT2D eigenvalue weighted by Crippen LogP contribution is -2.34. The summed E-state index contributed by atoms with van der Waals surface area (Å²) in [5.74, 6) is 0.725. The summed E-state index contributed by atoms with van der Waals surface area (Å²) >= 11 is 11.9. The van der Waals surface area contributed by atoms with Crippen molar-refractivity contribution in [2.45, 2.75) is 25.2 Å². The summed E-state index contributed by atoms with van der Waals surface area (Å²) in [6.07, 6.45) is 8.41. The Labute approximate surface area is 181 Å². The number of ketones is 1. The minimum absolute atomic E-state index is 0.134. The first kappa shape index (κ1) is 20.2. The van der Waals surface area contributed by atoms with Gasteiger partial charge in [-0.15, -0.1) is 0 Å². The number of hydrogen-bond donors (Lipinski definition) is 1. The van der Waals surface area contributed by atoms with Crippen LogP contribution < -0.4 is 0 Å². The van der Waals surface area contributed by atoms with Gasteiger partial charge in [0, 0.05) is 30.1 Å². The Morgan fingerprint density at radius 2 is 1.90 bits per heavy atom. The number of halogens is 2. The molecule has 0 radical (unpaired) electrons. The molecule has 0 amide bonds. The number of piperidine rings is 1. The molecule has 1 aliphatic rings. The zero-order valence-electron chi connectivity index (χ0n) is 16.2. The van der Waals surface area contributed by atoms with Gasteiger partial charge in [-0.3, -0.25) is 4.79 Å². The summed E-state index contributed by atoms with van der Waals surface area (Å²) in [6, 6.07) is 13.9. The van der Waals surface area contributed by atoms with Crippen LogP contribution in [0.1, 0.15) is 36.3 Å². The lowest BCUT2D eigenvalue weighted by molar-refractivity contribution is -0.114. The Balaban J connectivity index is 1.26. The van der Waals surface area contributed by atoms with E-state index < -0.39 is 0 Å². The Morgan fingerprint density at radius 3 is 2.69 bits per heavy atom. The summed E-state index contributed by atoms with van der Waals surface area (Å²) in [7, 11) is 0. The second-order valence-corrected chi connectivity index (χ2v) is 8.44. The molecule has 3 nitrogen and oxygen atoms in total. The molecular weight excluding hydrogens is 403 g/mol. The molecule has 2 heterocycles. The maximum Gasteiger partial charge on any atom is 0.156 e. The number of allylic oxidation sites excluding steroid dienone is 1. The Kier molecular flexibility index (Phi) is 6.39. The molecule has 4 rings (SSSR count). The second kappa shape index (κ2) is 9.17. The molecule has 1 N–H and O–H groups in total. The van der Waals surface area contributed by atoms with Crippen LogP contribution in [0.15, 0.2) is 54.7 Å². The number of likely N-dealkylation sites (tertiary alicyclic amines) is 1. The van der Waals surface area contributed by atoms with Crippen molar-refractivity contribution < 1.29 is 4.79 Å². The zero-order chi connectivity index (χ0) is 20.2. The minimum atomic E-state index is 0.134. The Hall–Kier alpha value is -2.07. The standard InChI is InChI=1S/C24H24Cl2N2O/c25-22-8-6-17(15-23(22)26)5-7-19(29)11-14-28-12-9-18(10-13-28)21-16-27-24-4-2-1-3-20(21)24/h1-8,15-16,18,27H,9-14H2/b7-5+. The van der Waals surface area contributed by atoms with Crippen molar-refractivity contribution in [1.29, 1.82) is 0 Å². The molecule has 1 saturated heterocycles. The Bertz CT molecular complexity index is 1030. The highest BCUT2D eigenvalue weighted by Crippen LogP contribution is 2.33. The molecule has 29 heavy (non-hydrogen) atoms. The third kappa shape index (κ3) is 4.92. The van der Waals surface area contributed by atoms with E-state index >= 15 is 0 Å². The normalized spacial score (nSPS) is 16.1. The molecule has 0 atom stereocenters. The number of aromatic nitrogens is 1. The van der Waals surface area contributed by atoms with Gasteiger partial charge in [-0.1, -0.05) is 53.5 Å². The predicted octanol–water partition coefficient (Wildman–Crippen LogP) is 6.33. The number of benzene rings is 2. The Morgan fingerprint density at radius 1 is 1.10 bits per heavy atom. The lowest BCUT2D eigenvalue weighted by Gasteiger charge is -2.31. The van der Waals surface area contributed by atoms with E-state index in [0.717, 1.165) is 38.0 Å². The van der Waals surface area contributed by atoms with Crippen LogP contribution in [0.25, 0.3) is 17.0 Å². The molecule has 0 spiro atoms. The summed E-state index contributed by atoms with van der Waals surface area (Å²) in [6.45, 7) is 2.88. The monoisotopic (exact) mass is 426 g/mol. The van der Waals surface area contributed by atoms with E-state index in [2.05, 4.69) is 40.3 Å². The van der Waals surface area contributed by atoms with E-state index in [-0.39, 0.29) is 5.78 Å². The molecule has 2 aromatic carbocycles. The van der Waals surface area contributed by atoms with E-state index in [4.69, 9.17) is 23.2 Å². The summed E-state index contributed by atoms with van der Waals surface area (Å²) in [5.41, 5.74) is 3.53. The topological polar surface area (TPSA) is 36.1 Å². The van der Waals surface area contributed by atoms with E-state index in [1.54, 1.807) is 24.3 Å². The van der Waals surface area contributed by atoms with Gasteiger partial charge in [0.25, 0.3) is 0 Å². The van der Waals surface area contributed by atoms with Gasteiger partial charge in [0.05, 0.1) is 10.0 Å². The van der Waals surface area contributed by atoms with Gasteiger partial charge >= 0.3 is 0 Å². The number of carbonyl (C=O) groups excluding carboxylic acids is 1. The van der Waals surface area contributed by atoms with Gasteiger partial charge in [0.15, 0.2) is 5.78 Å². The van der Waals surface area contributed by atoms with Crippen LogP contribution in [0, 0.1) is 0 Å². The van der Waals surface area contributed by atoms with E-state index in [9.17, 15) is 4.79 Å². The van der Waals surface area contributed by atoms with Gasteiger partial charge in [0.2, 0.25) is 0 Å². The average Bonchev–Trinajstić information content (AvgIpc) is 3.18. The number of fused-ring (bicyclic) bond motifs is 1. The number of carbonyl (C=O) groups is 1. The van der Waals surface area contributed by atoms with Crippen molar-refractivity contribution in [1.82, 2.24) is 9.88 Å². The third-order valence-corrected chi connectivity index (χ3v) is 6.47. The van der Waals surface area contributed by atoms with Crippen molar-refractivity contribution in [2.75, 3.05) is 19.6 Å². The van der Waals surface area contributed by atoms with Crippen molar-refractivity contribution in [3.05, 3.63) is 75.9 Å². The molecule has 5 heteroatoms. The summed E-state index contributed by atoms with van der Waals surface area (Å²) in [4.78, 5) is 18.0. The number of nitrogens with one attached hydrogen (secondary N) is 1. The summed E-state index contributed by atoms with van der Waals surface area (Å²) in [5, 5.41) is 2.36. The highest BCUT2D eigenvalue weighted by Gasteiger charge is 2.22. The smallest absolute Gasteiger partial charge is 0.156 e. The van der Waals surface area contributed by atoms with Crippen LogP contribution in [0.4, 0.5) is 0 Å². The quantitative estimate of drug-likeness (QED) is 0.467. The van der Waals surface area contributed by atoms with Crippen LogP contribution >= 0.6 is 23.2 Å². The van der Waals surface area contributed by atoms with Crippen LogP contribution in [0.5, 0.6) is 0 Å². The van der Waals surface area contributed by atoms with Crippen LogP contribution in [0.3, 0.4) is 0 Å². The van der Waals surface area contributed by atoms with Crippen molar-refractivity contribution in [3.63, 3.8) is 0 Å². The van der Waals surface area contributed by atoms with Gasteiger partial charge in [-0.25, -0.2) is 0 Å². The molecule has 0 bridgehead atoms. The first-order chi connectivity index (χ1) is 14.1. The van der Waals surface area contributed by atoms with E-state index in [0.29, 0.717) is 22.4 Å². The fourth-order valence-corrected chi connectivity index (χ4v) is 4.36. The molecule has 0 aliphatic carbocycles. The number of rotatable bonds is 6. The molecule has 3 aromatic rings. The highest BCUT2D eigenvalue weighted by molar-refractivity contribution is 6.42. The predicted molar refractivity (Wildman–Crippen MR) is 122 cm³/mol. The van der Waals surface area contributed by atoms with E-state index in [1.165, 1.54) is 16.5 Å². The zero-order valence-corrected chi connectivity index (χ0v) is 17.7. The first-order valence-corrected chi connectivity index (χ1v) is 10.8. The van der Waals surface area contributed by atoms with E-state index in [1.807, 2.05) is 6.07 Å².